The van der Waals surface area contributed by atoms with Crippen LogP contribution in [0.3, 0.4) is 0 Å². The van der Waals surface area contributed by atoms with Crippen molar-refractivity contribution in [3.63, 3.8) is 0 Å². The maximum atomic E-state index is 5.38. The number of aliphatic imine (C=N–C) groups is 1. The second kappa shape index (κ2) is 8.53. The summed E-state index contributed by atoms with van der Waals surface area (Å²) in [5.74, 6) is 1.72. The van der Waals surface area contributed by atoms with Crippen LogP contribution in [-0.4, -0.2) is 51.3 Å². The van der Waals surface area contributed by atoms with Crippen LogP contribution in [0.4, 0.5) is 0 Å². The predicted molar refractivity (Wildman–Crippen MR) is 80.2 cm³/mol. The van der Waals surface area contributed by atoms with Gasteiger partial charge < -0.3 is 15.0 Å². The Morgan fingerprint density at radius 1 is 1.50 bits per heavy atom. The molecule has 0 aromatic heterocycles. The molecule has 0 atom stereocenters. The van der Waals surface area contributed by atoms with E-state index in [4.69, 9.17) is 4.74 Å². The molecule has 5 heteroatoms. The van der Waals surface area contributed by atoms with Crippen LogP contribution in [0.15, 0.2) is 16.1 Å². The van der Waals surface area contributed by atoms with E-state index in [0.29, 0.717) is 6.54 Å². The number of hydrogen-bond acceptors (Lipinski definition) is 2. The Morgan fingerprint density at radius 2 is 2.17 bits per heavy atom. The zero-order chi connectivity index (χ0) is 13.4. The third-order valence-electron chi connectivity index (χ3n) is 3.23. The topological polar surface area (TPSA) is 36.9 Å². The summed E-state index contributed by atoms with van der Waals surface area (Å²) in [6.45, 7) is 7.38. The van der Waals surface area contributed by atoms with Crippen LogP contribution < -0.4 is 5.32 Å². The van der Waals surface area contributed by atoms with Gasteiger partial charge in [-0.25, -0.2) is 0 Å². The molecule has 0 amide bonds. The van der Waals surface area contributed by atoms with Gasteiger partial charge in [0, 0.05) is 44.9 Å². The van der Waals surface area contributed by atoms with Gasteiger partial charge in [0.05, 0.1) is 0 Å². The molecule has 0 aliphatic carbocycles. The lowest BCUT2D eigenvalue weighted by Crippen LogP contribution is -2.40. The van der Waals surface area contributed by atoms with Gasteiger partial charge in [-0.1, -0.05) is 22.5 Å². The summed E-state index contributed by atoms with van der Waals surface area (Å²) >= 11 is 3.34. The van der Waals surface area contributed by atoms with Gasteiger partial charge in [0.15, 0.2) is 5.96 Å². The molecule has 18 heavy (non-hydrogen) atoms. The molecule has 1 aliphatic heterocycles. The van der Waals surface area contributed by atoms with E-state index in [1.165, 1.54) is 19.3 Å². The summed E-state index contributed by atoms with van der Waals surface area (Å²) in [5, 5.41) is 3.26. The fourth-order valence-corrected chi connectivity index (χ4v) is 2.22. The number of guanidine groups is 1. The summed E-state index contributed by atoms with van der Waals surface area (Å²) in [5.41, 5.74) is 0. The van der Waals surface area contributed by atoms with Crippen LogP contribution >= 0.6 is 15.9 Å². The molecule has 4 nitrogen and oxygen atoms in total. The third-order valence-corrected chi connectivity index (χ3v) is 3.51. The Bertz CT molecular complexity index is 288. The van der Waals surface area contributed by atoms with Crippen molar-refractivity contribution in [3.05, 3.63) is 11.1 Å². The summed E-state index contributed by atoms with van der Waals surface area (Å²) in [7, 11) is 3.88. The summed E-state index contributed by atoms with van der Waals surface area (Å²) in [4.78, 5) is 6.44. The Kier molecular flexibility index (Phi) is 7.35. The monoisotopic (exact) mass is 317 g/mol. The van der Waals surface area contributed by atoms with Crippen LogP contribution in [0.5, 0.6) is 0 Å². The van der Waals surface area contributed by atoms with E-state index in [9.17, 15) is 0 Å². The minimum absolute atomic E-state index is 0.703. The van der Waals surface area contributed by atoms with Gasteiger partial charge in [-0.05, 0) is 25.2 Å². The van der Waals surface area contributed by atoms with E-state index in [-0.39, 0.29) is 0 Å². The second-order valence-corrected chi connectivity index (χ2v) is 5.81. The van der Waals surface area contributed by atoms with Crippen molar-refractivity contribution in [2.75, 3.05) is 40.4 Å². The zero-order valence-electron chi connectivity index (χ0n) is 11.4. The molecule has 0 unspecified atom stereocenters. The Hall–Kier alpha value is -0.550. The standard InChI is InChI=1S/C13H24BrN3O/c1-11(14)10-16-13(15-2)17(3)7-4-12-5-8-18-9-6-12/h12H,1,4-10H2,2-3H3,(H,15,16). The first-order valence-electron chi connectivity index (χ1n) is 6.46. The van der Waals surface area contributed by atoms with Gasteiger partial charge in [0.1, 0.15) is 0 Å². The molecule has 0 aromatic rings. The molecule has 1 fully saturated rings. The van der Waals surface area contributed by atoms with Gasteiger partial charge in [-0.3, -0.25) is 4.99 Å². The minimum atomic E-state index is 0.703. The van der Waals surface area contributed by atoms with E-state index in [0.717, 1.165) is 36.1 Å². The maximum Gasteiger partial charge on any atom is 0.193 e. The molecule has 1 saturated heterocycles. The predicted octanol–water partition coefficient (Wildman–Crippen LogP) is 2.22. The van der Waals surface area contributed by atoms with Gasteiger partial charge in [-0.2, -0.15) is 0 Å². The van der Waals surface area contributed by atoms with E-state index < -0.39 is 0 Å². The van der Waals surface area contributed by atoms with Crippen molar-refractivity contribution in [3.8, 4) is 0 Å². The van der Waals surface area contributed by atoms with Crippen LogP contribution in [-0.2, 0) is 4.74 Å². The first kappa shape index (κ1) is 15.5. The quantitative estimate of drug-likeness (QED) is 0.624. The lowest BCUT2D eigenvalue weighted by Gasteiger charge is -2.26. The summed E-state index contributed by atoms with van der Waals surface area (Å²) in [6.07, 6.45) is 3.59. The average Bonchev–Trinajstić information content (AvgIpc) is 2.38. The molecular formula is C13H24BrN3O. The highest BCUT2D eigenvalue weighted by Gasteiger charge is 2.15. The number of nitrogens with one attached hydrogen (secondary N) is 1. The molecule has 104 valence electrons. The molecule has 0 radical (unpaired) electrons. The molecule has 1 N–H and O–H groups in total. The minimum Gasteiger partial charge on any atom is -0.381 e. The fourth-order valence-electron chi connectivity index (χ4n) is 2.08. The molecule has 1 aliphatic rings. The summed E-state index contributed by atoms with van der Waals surface area (Å²) < 4.78 is 6.31. The Morgan fingerprint density at radius 3 is 2.72 bits per heavy atom. The number of rotatable bonds is 5. The van der Waals surface area contributed by atoms with E-state index in [1.54, 1.807) is 0 Å². The first-order valence-corrected chi connectivity index (χ1v) is 7.25. The molecule has 0 bridgehead atoms. The Balaban J connectivity index is 2.28. The highest BCUT2D eigenvalue weighted by atomic mass is 79.9. The smallest absolute Gasteiger partial charge is 0.193 e. The van der Waals surface area contributed by atoms with Crippen LogP contribution in [0.1, 0.15) is 19.3 Å². The van der Waals surface area contributed by atoms with Crippen LogP contribution in [0.25, 0.3) is 0 Å². The number of halogens is 1. The van der Waals surface area contributed by atoms with Gasteiger partial charge in [-0.15, -0.1) is 0 Å². The SMILES string of the molecule is C=C(Br)CNC(=NC)N(C)CCC1CCOCC1. The van der Waals surface area contributed by atoms with Gasteiger partial charge >= 0.3 is 0 Å². The fraction of sp³-hybridized carbons (Fsp3) is 0.769. The normalized spacial score (nSPS) is 17.6. The van der Waals surface area contributed by atoms with Crippen LogP contribution in [0, 0.1) is 5.92 Å². The summed E-state index contributed by atoms with van der Waals surface area (Å²) in [6, 6.07) is 0. The van der Waals surface area contributed by atoms with E-state index >= 15 is 0 Å². The molecule has 0 aromatic carbocycles. The first-order chi connectivity index (χ1) is 8.63. The van der Waals surface area contributed by atoms with Gasteiger partial charge in [0.25, 0.3) is 0 Å². The number of ether oxygens (including phenoxy) is 1. The average molecular weight is 318 g/mol. The van der Waals surface area contributed by atoms with Crippen molar-refractivity contribution in [1.29, 1.82) is 0 Å². The lowest BCUT2D eigenvalue weighted by molar-refractivity contribution is 0.0625. The van der Waals surface area contributed by atoms with Crippen molar-refractivity contribution in [1.82, 2.24) is 10.2 Å². The van der Waals surface area contributed by atoms with E-state index in [2.05, 4.69) is 44.8 Å². The van der Waals surface area contributed by atoms with Crippen molar-refractivity contribution in [2.45, 2.75) is 19.3 Å². The van der Waals surface area contributed by atoms with Crippen molar-refractivity contribution < 1.29 is 4.74 Å². The van der Waals surface area contributed by atoms with E-state index in [1.807, 2.05) is 7.05 Å². The number of nitrogens with zero attached hydrogens (tertiary/aromatic N) is 2. The highest BCUT2D eigenvalue weighted by Crippen LogP contribution is 2.18. The lowest BCUT2D eigenvalue weighted by atomic mass is 9.96. The third kappa shape index (κ3) is 5.87. The Labute approximate surface area is 119 Å². The van der Waals surface area contributed by atoms with Gasteiger partial charge in [0.2, 0.25) is 0 Å². The molecule has 0 spiro atoms. The van der Waals surface area contributed by atoms with Crippen molar-refractivity contribution in [2.24, 2.45) is 10.9 Å². The molecule has 0 saturated carbocycles. The highest BCUT2D eigenvalue weighted by molar-refractivity contribution is 9.11. The second-order valence-electron chi connectivity index (χ2n) is 4.68. The zero-order valence-corrected chi connectivity index (χ0v) is 13.0. The largest absolute Gasteiger partial charge is 0.381 e. The van der Waals surface area contributed by atoms with Crippen molar-refractivity contribution >= 4 is 21.9 Å². The number of hydrogen-bond donors (Lipinski definition) is 1. The molecular weight excluding hydrogens is 294 g/mol. The molecule has 1 heterocycles. The molecule has 1 rings (SSSR count). The maximum absolute atomic E-state index is 5.38. The van der Waals surface area contributed by atoms with Crippen LogP contribution in [0.2, 0.25) is 0 Å².